The molecule has 0 bridgehead atoms. The van der Waals surface area contributed by atoms with E-state index in [4.69, 9.17) is 4.43 Å². The highest BCUT2D eigenvalue weighted by molar-refractivity contribution is 6.76. The van der Waals surface area contributed by atoms with Gasteiger partial charge >= 0.3 is 0 Å². The predicted octanol–water partition coefficient (Wildman–Crippen LogP) is 5.14. The summed E-state index contributed by atoms with van der Waals surface area (Å²) in [5, 5.41) is 0. The molecule has 0 spiro atoms. The Morgan fingerprint density at radius 1 is 1.12 bits per heavy atom. The minimum Gasteiger partial charge on any atom is -0.407 e. The van der Waals surface area contributed by atoms with Gasteiger partial charge in [0.15, 0.2) is 8.32 Å². The molecule has 1 atom stereocenters. The maximum Gasteiger partial charge on any atom is 0.199 e. The van der Waals surface area contributed by atoms with Crippen LogP contribution < -0.4 is 0 Å². The van der Waals surface area contributed by atoms with Crippen molar-refractivity contribution in [3.8, 4) is 0 Å². The van der Waals surface area contributed by atoms with Crippen LogP contribution in [0.3, 0.4) is 0 Å². The molecule has 0 N–H and O–H groups in total. The molecule has 0 amide bonds. The third kappa shape index (κ3) is 2.53. The summed E-state index contributed by atoms with van der Waals surface area (Å²) in [4.78, 5) is 0. The van der Waals surface area contributed by atoms with Crippen LogP contribution in [0, 0.1) is 5.92 Å². The Balaban J connectivity index is 3.08. The zero-order valence-electron chi connectivity index (χ0n) is 12.5. The topological polar surface area (TPSA) is 9.23 Å². The molecule has 1 rings (SSSR count). The van der Waals surface area contributed by atoms with E-state index >= 15 is 0 Å². The SMILES string of the molecule is C=CC1(C(C)C)CCC[Si](C(C)C)(C(C)C)O1. The van der Waals surface area contributed by atoms with Crippen molar-refractivity contribution in [2.24, 2.45) is 5.92 Å². The first-order valence-electron chi connectivity index (χ1n) is 7.14. The first-order chi connectivity index (χ1) is 7.81. The van der Waals surface area contributed by atoms with Gasteiger partial charge in [-0.2, -0.15) is 0 Å². The van der Waals surface area contributed by atoms with E-state index in [9.17, 15) is 0 Å². The molecular formula is C15H30OSi. The van der Waals surface area contributed by atoms with Gasteiger partial charge in [0.2, 0.25) is 0 Å². The third-order valence-electron chi connectivity index (χ3n) is 4.79. The van der Waals surface area contributed by atoms with E-state index in [1.807, 2.05) is 0 Å². The molecule has 0 aromatic rings. The Kier molecular flexibility index (Phi) is 4.65. The molecule has 100 valence electrons. The van der Waals surface area contributed by atoms with Crippen LogP contribution in [0.4, 0.5) is 0 Å². The second-order valence-electron chi connectivity index (χ2n) is 6.53. The molecule has 2 heteroatoms. The molecule has 0 aliphatic carbocycles. The molecular weight excluding hydrogens is 224 g/mol. The van der Waals surface area contributed by atoms with Gasteiger partial charge in [-0.25, -0.2) is 0 Å². The lowest BCUT2D eigenvalue weighted by Gasteiger charge is -2.52. The molecule has 1 saturated heterocycles. The molecule has 0 saturated carbocycles. The van der Waals surface area contributed by atoms with E-state index in [1.54, 1.807) is 0 Å². The fourth-order valence-electron chi connectivity index (χ4n) is 3.36. The Hall–Kier alpha value is -0.0831. The minimum absolute atomic E-state index is 0.0565. The van der Waals surface area contributed by atoms with Crippen LogP contribution in [0.5, 0.6) is 0 Å². The summed E-state index contributed by atoms with van der Waals surface area (Å²) in [6, 6.07) is 1.32. The minimum atomic E-state index is -1.63. The van der Waals surface area contributed by atoms with Crippen LogP contribution >= 0.6 is 0 Å². The second-order valence-corrected chi connectivity index (χ2v) is 11.5. The molecule has 1 aliphatic rings. The average molecular weight is 254 g/mol. The van der Waals surface area contributed by atoms with Crippen molar-refractivity contribution >= 4 is 8.32 Å². The molecule has 1 aliphatic heterocycles. The van der Waals surface area contributed by atoms with E-state index in [0.717, 1.165) is 6.42 Å². The highest BCUT2D eigenvalue weighted by Crippen LogP contribution is 2.48. The van der Waals surface area contributed by atoms with Gasteiger partial charge in [0.05, 0.1) is 5.60 Å². The van der Waals surface area contributed by atoms with E-state index in [0.29, 0.717) is 17.0 Å². The quantitative estimate of drug-likeness (QED) is 0.498. The zero-order valence-corrected chi connectivity index (χ0v) is 13.5. The lowest BCUT2D eigenvalue weighted by Crippen LogP contribution is -2.56. The molecule has 0 aromatic heterocycles. The van der Waals surface area contributed by atoms with Crippen LogP contribution in [0.1, 0.15) is 54.4 Å². The summed E-state index contributed by atoms with van der Waals surface area (Å²) in [6.07, 6.45) is 4.55. The lowest BCUT2D eigenvalue weighted by molar-refractivity contribution is 0.0294. The summed E-state index contributed by atoms with van der Waals surface area (Å²) in [7, 11) is -1.63. The fourth-order valence-corrected chi connectivity index (χ4v) is 8.28. The summed E-state index contributed by atoms with van der Waals surface area (Å²) >= 11 is 0. The Labute approximate surface area is 109 Å². The predicted molar refractivity (Wildman–Crippen MR) is 78.8 cm³/mol. The number of hydrogen-bond donors (Lipinski definition) is 0. The van der Waals surface area contributed by atoms with Crippen molar-refractivity contribution < 1.29 is 4.43 Å². The van der Waals surface area contributed by atoms with Gasteiger partial charge in [-0.1, -0.05) is 54.0 Å². The first-order valence-corrected chi connectivity index (χ1v) is 9.41. The Morgan fingerprint density at radius 2 is 1.65 bits per heavy atom. The van der Waals surface area contributed by atoms with Gasteiger partial charge in [0, 0.05) is 0 Å². The summed E-state index contributed by atoms with van der Waals surface area (Å²) < 4.78 is 6.82. The van der Waals surface area contributed by atoms with Crippen molar-refractivity contribution in [1.29, 1.82) is 0 Å². The van der Waals surface area contributed by atoms with Crippen LogP contribution in [0.15, 0.2) is 12.7 Å². The molecule has 0 radical (unpaired) electrons. The van der Waals surface area contributed by atoms with Crippen molar-refractivity contribution in [3.63, 3.8) is 0 Å². The van der Waals surface area contributed by atoms with Gasteiger partial charge in [-0.3, -0.25) is 0 Å². The third-order valence-corrected chi connectivity index (χ3v) is 10.6. The molecule has 17 heavy (non-hydrogen) atoms. The van der Waals surface area contributed by atoms with Crippen LogP contribution in [-0.4, -0.2) is 13.9 Å². The molecule has 1 nitrogen and oxygen atoms in total. The van der Waals surface area contributed by atoms with Crippen LogP contribution in [-0.2, 0) is 4.43 Å². The van der Waals surface area contributed by atoms with Gasteiger partial charge in [0.25, 0.3) is 0 Å². The maximum atomic E-state index is 6.82. The van der Waals surface area contributed by atoms with Gasteiger partial charge in [0.1, 0.15) is 0 Å². The first kappa shape index (κ1) is 15.0. The molecule has 1 heterocycles. The highest BCUT2D eigenvalue weighted by atomic mass is 28.4. The largest absolute Gasteiger partial charge is 0.407 e. The monoisotopic (exact) mass is 254 g/mol. The number of rotatable bonds is 4. The van der Waals surface area contributed by atoms with Crippen molar-refractivity contribution in [1.82, 2.24) is 0 Å². The van der Waals surface area contributed by atoms with Crippen molar-refractivity contribution in [3.05, 3.63) is 12.7 Å². The lowest BCUT2D eigenvalue weighted by atomic mass is 9.86. The fraction of sp³-hybridized carbons (Fsp3) is 0.867. The molecule has 1 unspecified atom stereocenters. The van der Waals surface area contributed by atoms with Crippen LogP contribution in [0.25, 0.3) is 0 Å². The van der Waals surface area contributed by atoms with Crippen molar-refractivity contribution in [2.75, 3.05) is 0 Å². The summed E-state index contributed by atoms with van der Waals surface area (Å²) in [6.45, 7) is 18.0. The molecule has 1 fully saturated rings. The highest BCUT2D eigenvalue weighted by Gasteiger charge is 2.51. The molecule has 0 aromatic carbocycles. The average Bonchev–Trinajstić information content (AvgIpc) is 2.28. The summed E-state index contributed by atoms with van der Waals surface area (Å²) in [5.41, 5.74) is 1.33. The zero-order chi connectivity index (χ0) is 13.3. The normalized spacial score (nSPS) is 29.0. The second kappa shape index (κ2) is 5.27. The van der Waals surface area contributed by atoms with Crippen molar-refractivity contribution in [2.45, 2.75) is 77.1 Å². The smallest absolute Gasteiger partial charge is 0.199 e. The van der Waals surface area contributed by atoms with E-state index < -0.39 is 8.32 Å². The summed E-state index contributed by atoms with van der Waals surface area (Å²) in [5.74, 6) is 0.532. The van der Waals surface area contributed by atoms with E-state index in [-0.39, 0.29) is 5.60 Å². The van der Waals surface area contributed by atoms with E-state index in [2.05, 4.69) is 54.2 Å². The van der Waals surface area contributed by atoms with Gasteiger partial charge in [-0.15, -0.1) is 6.58 Å². The Morgan fingerprint density at radius 3 is 2.00 bits per heavy atom. The number of hydrogen-bond acceptors (Lipinski definition) is 1. The van der Waals surface area contributed by atoms with Gasteiger partial charge < -0.3 is 4.43 Å². The van der Waals surface area contributed by atoms with E-state index in [1.165, 1.54) is 12.5 Å². The van der Waals surface area contributed by atoms with Gasteiger partial charge in [-0.05, 0) is 29.5 Å². The Bertz CT molecular complexity index is 262. The standard InChI is InChI=1S/C15H30OSi/c1-8-15(12(2)3)10-9-11-17(16-15,13(4)5)14(6)7/h8,12-14H,1,9-11H2,2-7H3. The maximum absolute atomic E-state index is 6.82. The van der Waals surface area contributed by atoms with Crippen LogP contribution in [0.2, 0.25) is 17.1 Å².